The molecular formula is C24H30N2O4S. The lowest BCUT2D eigenvalue weighted by Crippen LogP contribution is -2.40. The average molecular weight is 443 g/mol. The summed E-state index contributed by atoms with van der Waals surface area (Å²) in [4.78, 5) is 13.0. The number of rotatable bonds is 7. The summed E-state index contributed by atoms with van der Waals surface area (Å²) in [7, 11) is -0.745. The van der Waals surface area contributed by atoms with Gasteiger partial charge in [0.15, 0.2) is 0 Å². The Labute approximate surface area is 184 Å². The molecule has 4 atom stereocenters. The molecule has 2 bridgehead atoms. The number of carbonyl (C=O) groups is 1. The highest BCUT2D eigenvalue weighted by Gasteiger charge is 2.42. The number of carbonyl (C=O) groups excluding carboxylic acids is 1. The third-order valence-corrected chi connectivity index (χ3v) is 8.77. The summed E-state index contributed by atoms with van der Waals surface area (Å²) in [5.74, 6) is 2.48. The van der Waals surface area contributed by atoms with Crippen molar-refractivity contribution in [2.45, 2.75) is 43.5 Å². The van der Waals surface area contributed by atoms with Gasteiger partial charge in [0.1, 0.15) is 5.75 Å². The van der Waals surface area contributed by atoms with Gasteiger partial charge in [-0.25, -0.2) is 8.42 Å². The van der Waals surface area contributed by atoms with Gasteiger partial charge in [-0.3, -0.25) is 9.10 Å². The van der Waals surface area contributed by atoms with Crippen LogP contribution in [0.4, 0.5) is 5.69 Å². The number of nitrogens with zero attached hydrogens (tertiary/aromatic N) is 1. The highest BCUT2D eigenvalue weighted by Crippen LogP contribution is 2.49. The number of benzene rings is 2. The maximum Gasteiger partial charge on any atom is 0.264 e. The third kappa shape index (κ3) is 4.28. The largest absolute Gasteiger partial charge is 0.497 e. The first-order valence-electron chi connectivity index (χ1n) is 10.8. The minimum atomic E-state index is -3.81. The molecule has 2 saturated carbocycles. The lowest BCUT2D eigenvalue weighted by atomic mass is 9.84. The molecule has 2 aromatic carbocycles. The number of anilines is 1. The number of sulfonamides is 1. The summed E-state index contributed by atoms with van der Waals surface area (Å²) < 4.78 is 32.6. The fourth-order valence-corrected chi connectivity index (χ4v) is 6.43. The monoisotopic (exact) mass is 442 g/mol. The molecule has 0 aliphatic heterocycles. The molecule has 1 N–H and O–H groups in total. The Morgan fingerprint density at radius 3 is 2.48 bits per heavy atom. The van der Waals surface area contributed by atoms with E-state index in [0.29, 0.717) is 28.8 Å². The Morgan fingerprint density at radius 2 is 1.87 bits per heavy atom. The molecule has 31 heavy (non-hydrogen) atoms. The van der Waals surface area contributed by atoms with Crippen LogP contribution in [-0.2, 0) is 10.0 Å². The number of hydrogen-bond donors (Lipinski definition) is 1. The second kappa shape index (κ2) is 8.54. The second-order valence-electron chi connectivity index (χ2n) is 8.80. The molecule has 4 rings (SSSR count). The van der Waals surface area contributed by atoms with Crippen LogP contribution in [0.3, 0.4) is 0 Å². The maximum atomic E-state index is 13.1. The van der Waals surface area contributed by atoms with Gasteiger partial charge in [-0.2, -0.15) is 0 Å². The maximum absolute atomic E-state index is 13.1. The van der Waals surface area contributed by atoms with Crippen LogP contribution in [-0.4, -0.2) is 34.5 Å². The summed E-state index contributed by atoms with van der Waals surface area (Å²) >= 11 is 0. The summed E-state index contributed by atoms with van der Waals surface area (Å²) in [5.41, 5.74) is 0.875. The number of nitrogens with one attached hydrogen (secondary N) is 1. The Bertz CT molecular complexity index is 1050. The number of methoxy groups -OCH3 is 1. The van der Waals surface area contributed by atoms with Crippen molar-refractivity contribution in [3.05, 3.63) is 54.1 Å². The topological polar surface area (TPSA) is 75.7 Å². The predicted octanol–water partition coefficient (Wildman–Crippen LogP) is 4.07. The van der Waals surface area contributed by atoms with Gasteiger partial charge in [-0.1, -0.05) is 12.5 Å². The summed E-state index contributed by atoms with van der Waals surface area (Å²) in [6, 6.07) is 13.1. The van der Waals surface area contributed by atoms with Crippen molar-refractivity contribution in [1.29, 1.82) is 0 Å². The second-order valence-corrected chi connectivity index (χ2v) is 10.8. The molecule has 2 aliphatic rings. The Kier molecular flexibility index (Phi) is 5.97. The Balaban J connectivity index is 1.49. The van der Waals surface area contributed by atoms with E-state index in [2.05, 4.69) is 12.2 Å². The normalized spacial score (nSPS) is 23.4. The van der Waals surface area contributed by atoms with Crippen LogP contribution < -0.4 is 14.4 Å². The van der Waals surface area contributed by atoms with Crippen molar-refractivity contribution < 1.29 is 17.9 Å². The third-order valence-electron chi connectivity index (χ3n) is 6.98. The van der Waals surface area contributed by atoms with E-state index in [4.69, 9.17) is 4.74 Å². The highest BCUT2D eigenvalue weighted by molar-refractivity contribution is 7.92. The van der Waals surface area contributed by atoms with Crippen LogP contribution in [0.25, 0.3) is 0 Å². The Morgan fingerprint density at radius 1 is 1.13 bits per heavy atom. The van der Waals surface area contributed by atoms with E-state index in [1.54, 1.807) is 43.5 Å². The van der Waals surface area contributed by atoms with Crippen molar-refractivity contribution in [2.75, 3.05) is 18.5 Å². The van der Waals surface area contributed by atoms with E-state index in [9.17, 15) is 13.2 Å². The van der Waals surface area contributed by atoms with E-state index < -0.39 is 10.0 Å². The number of hydrogen-bond acceptors (Lipinski definition) is 4. The van der Waals surface area contributed by atoms with Gasteiger partial charge < -0.3 is 10.1 Å². The lowest BCUT2D eigenvalue weighted by molar-refractivity contribution is 0.0915. The zero-order valence-corrected chi connectivity index (χ0v) is 19.1. The van der Waals surface area contributed by atoms with Crippen LogP contribution in [0.15, 0.2) is 53.4 Å². The quantitative estimate of drug-likeness (QED) is 0.701. The zero-order chi connectivity index (χ0) is 22.2. The fraction of sp³-hybridized carbons (Fsp3) is 0.458. The van der Waals surface area contributed by atoms with Gasteiger partial charge in [0, 0.05) is 18.7 Å². The van der Waals surface area contributed by atoms with E-state index in [1.807, 2.05) is 0 Å². The van der Waals surface area contributed by atoms with Crippen molar-refractivity contribution in [3.8, 4) is 5.75 Å². The van der Waals surface area contributed by atoms with Gasteiger partial charge in [0.05, 0.1) is 17.7 Å². The van der Waals surface area contributed by atoms with E-state index in [-0.39, 0.29) is 16.8 Å². The first kappa shape index (κ1) is 21.7. The number of amides is 1. The molecule has 2 aromatic rings. The molecule has 6 nitrogen and oxygen atoms in total. The lowest BCUT2D eigenvalue weighted by Gasteiger charge is -2.28. The van der Waals surface area contributed by atoms with Gasteiger partial charge in [-0.05, 0) is 86.4 Å². The van der Waals surface area contributed by atoms with E-state index in [0.717, 1.165) is 5.92 Å². The van der Waals surface area contributed by atoms with Gasteiger partial charge in [0.25, 0.3) is 15.9 Å². The summed E-state index contributed by atoms with van der Waals surface area (Å²) in [6.07, 6.45) is 5.06. The van der Waals surface area contributed by atoms with Gasteiger partial charge in [-0.15, -0.1) is 0 Å². The number of fused-ring (bicyclic) bond motifs is 2. The van der Waals surface area contributed by atoms with Gasteiger partial charge >= 0.3 is 0 Å². The molecule has 0 radical (unpaired) electrons. The molecule has 0 unspecified atom stereocenters. The first-order valence-corrected chi connectivity index (χ1v) is 12.3. The minimum absolute atomic E-state index is 0.0880. The number of ether oxygens (including phenoxy) is 1. The predicted molar refractivity (Wildman–Crippen MR) is 121 cm³/mol. The molecule has 1 amide bonds. The van der Waals surface area contributed by atoms with Crippen molar-refractivity contribution in [1.82, 2.24) is 5.32 Å². The molecule has 0 spiro atoms. The van der Waals surface area contributed by atoms with Crippen LogP contribution in [0.1, 0.15) is 43.0 Å². The molecule has 2 fully saturated rings. The SMILES string of the molecule is COc1ccc(N(C)S(=O)(=O)c2cccc(C(=O)N[C@H](C)[C@H]3C[C@H]4CC[C@H]3C4)c2)cc1. The van der Waals surface area contributed by atoms with Crippen LogP contribution >= 0.6 is 0 Å². The smallest absolute Gasteiger partial charge is 0.264 e. The zero-order valence-electron chi connectivity index (χ0n) is 18.2. The standard InChI is InChI=1S/C24H30N2O4S/c1-16(23-14-17-7-8-18(23)13-17)25-24(27)19-5-4-6-22(15-19)31(28,29)26(2)20-9-11-21(30-3)12-10-20/h4-6,9-12,15-18,23H,7-8,13-14H2,1-3H3,(H,25,27)/t16-,17+,18+,23-/m1/s1. The van der Waals surface area contributed by atoms with Crippen molar-refractivity contribution >= 4 is 21.6 Å². The average Bonchev–Trinajstić information content (AvgIpc) is 3.42. The van der Waals surface area contributed by atoms with Crippen molar-refractivity contribution in [3.63, 3.8) is 0 Å². The highest BCUT2D eigenvalue weighted by atomic mass is 32.2. The summed E-state index contributed by atoms with van der Waals surface area (Å²) in [6.45, 7) is 2.07. The molecular weight excluding hydrogens is 412 g/mol. The van der Waals surface area contributed by atoms with Crippen LogP contribution in [0, 0.1) is 17.8 Å². The Hall–Kier alpha value is -2.54. The molecule has 2 aliphatic carbocycles. The summed E-state index contributed by atoms with van der Waals surface area (Å²) in [5, 5.41) is 3.11. The fourth-order valence-electron chi connectivity index (χ4n) is 5.19. The van der Waals surface area contributed by atoms with E-state index >= 15 is 0 Å². The van der Waals surface area contributed by atoms with Gasteiger partial charge in [0.2, 0.25) is 0 Å². The van der Waals surface area contributed by atoms with E-state index in [1.165, 1.54) is 49.2 Å². The molecule has 0 aromatic heterocycles. The molecule has 0 heterocycles. The molecule has 166 valence electrons. The molecule has 0 saturated heterocycles. The molecule has 7 heteroatoms. The van der Waals surface area contributed by atoms with Crippen LogP contribution in [0.2, 0.25) is 0 Å². The minimum Gasteiger partial charge on any atom is -0.497 e. The van der Waals surface area contributed by atoms with Crippen LogP contribution in [0.5, 0.6) is 5.75 Å². The van der Waals surface area contributed by atoms with Crippen molar-refractivity contribution in [2.24, 2.45) is 17.8 Å². The first-order chi connectivity index (χ1) is 14.8.